The monoisotopic (exact) mass is 211 g/mol. The van der Waals surface area contributed by atoms with Crippen molar-refractivity contribution in [2.75, 3.05) is 6.26 Å². The predicted octanol–water partition coefficient (Wildman–Crippen LogP) is 0.704. The molecule has 0 aromatic carbocycles. The zero-order valence-corrected chi connectivity index (χ0v) is 8.57. The minimum Gasteiger partial charge on any atom is -0.324 e. The molecule has 3 nitrogen and oxygen atoms in total. The van der Waals surface area contributed by atoms with Crippen LogP contribution in [0.3, 0.4) is 0 Å². The number of sulfone groups is 1. The minimum absolute atomic E-state index is 0. The maximum absolute atomic E-state index is 10.6. The molecule has 0 saturated heterocycles. The van der Waals surface area contributed by atoms with Crippen molar-refractivity contribution < 1.29 is 8.42 Å². The second kappa shape index (κ2) is 4.25. The van der Waals surface area contributed by atoms with E-state index < -0.39 is 9.84 Å². The fraction of sp³-hybridized carbons (Fsp3) is 0.714. The zero-order valence-electron chi connectivity index (χ0n) is 6.93. The van der Waals surface area contributed by atoms with Crippen LogP contribution in [0.1, 0.15) is 12.8 Å². The average Bonchev–Trinajstić information content (AvgIpc) is 2.61. The van der Waals surface area contributed by atoms with Gasteiger partial charge in [-0.25, -0.2) is 8.42 Å². The van der Waals surface area contributed by atoms with Gasteiger partial charge >= 0.3 is 0 Å². The number of hydrogen-bond donors (Lipinski definition) is 1. The molecule has 5 heteroatoms. The Labute approximate surface area is 79.4 Å². The van der Waals surface area contributed by atoms with Gasteiger partial charge in [-0.2, -0.15) is 0 Å². The predicted molar refractivity (Wildman–Crippen MR) is 51.9 cm³/mol. The quantitative estimate of drug-likeness (QED) is 0.748. The van der Waals surface area contributed by atoms with Crippen LogP contribution in [0.4, 0.5) is 0 Å². The van der Waals surface area contributed by atoms with Gasteiger partial charge in [0.15, 0.2) is 9.84 Å². The highest BCUT2D eigenvalue weighted by Crippen LogP contribution is 2.31. The summed E-state index contributed by atoms with van der Waals surface area (Å²) in [6, 6.07) is -0.0651. The third kappa shape index (κ3) is 4.74. The SMILES string of the molecule is CS(=O)(=O)/C=C/[C@@H](N)C1CC1.Cl. The van der Waals surface area contributed by atoms with Crippen molar-refractivity contribution in [2.45, 2.75) is 18.9 Å². The lowest BCUT2D eigenvalue weighted by molar-refractivity contribution is 0.609. The molecule has 0 radical (unpaired) electrons. The Morgan fingerprint density at radius 3 is 2.33 bits per heavy atom. The Morgan fingerprint density at radius 2 is 2.00 bits per heavy atom. The third-order valence-electron chi connectivity index (χ3n) is 1.71. The summed E-state index contributed by atoms with van der Waals surface area (Å²) in [5, 5.41) is 1.19. The summed E-state index contributed by atoms with van der Waals surface area (Å²) < 4.78 is 21.3. The topological polar surface area (TPSA) is 60.2 Å². The lowest BCUT2D eigenvalue weighted by Crippen LogP contribution is -2.19. The van der Waals surface area contributed by atoms with Crippen LogP contribution >= 0.6 is 12.4 Å². The number of halogens is 1. The Bertz CT molecular complexity index is 257. The van der Waals surface area contributed by atoms with Crippen molar-refractivity contribution in [3.8, 4) is 0 Å². The molecule has 0 aromatic heterocycles. The van der Waals surface area contributed by atoms with E-state index >= 15 is 0 Å². The maximum Gasteiger partial charge on any atom is 0.168 e. The van der Waals surface area contributed by atoms with Crippen LogP contribution < -0.4 is 5.73 Å². The number of nitrogens with two attached hydrogens (primary N) is 1. The molecule has 0 unspecified atom stereocenters. The van der Waals surface area contributed by atoms with Gasteiger partial charge in [0.2, 0.25) is 0 Å². The van der Waals surface area contributed by atoms with Crippen LogP contribution in [-0.2, 0) is 9.84 Å². The van der Waals surface area contributed by atoms with Crippen molar-refractivity contribution in [1.29, 1.82) is 0 Å². The average molecular weight is 212 g/mol. The lowest BCUT2D eigenvalue weighted by Gasteiger charge is -2.00. The van der Waals surface area contributed by atoms with Crippen molar-refractivity contribution in [3.63, 3.8) is 0 Å². The number of rotatable bonds is 3. The smallest absolute Gasteiger partial charge is 0.168 e. The first kappa shape index (κ1) is 11.9. The molecule has 0 aromatic rings. The first-order valence-corrected chi connectivity index (χ1v) is 5.58. The Balaban J connectivity index is 0.00000121. The highest BCUT2D eigenvalue weighted by molar-refractivity contribution is 7.93. The molecule has 1 aliphatic carbocycles. The molecule has 72 valence electrons. The van der Waals surface area contributed by atoms with Crippen LogP contribution in [-0.4, -0.2) is 20.7 Å². The fourth-order valence-corrected chi connectivity index (χ4v) is 1.34. The van der Waals surface area contributed by atoms with E-state index in [9.17, 15) is 8.42 Å². The Hall–Kier alpha value is -0.0600. The second-order valence-electron chi connectivity index (χ2n) is 3.07. The molecule has 0 bridgehead atoms. The van der Waals surface area contributed by atoms with E-state index in [1.165, 1.54) is 11.7 Å². The summed E-state index contributed by atoms with van der Waals surface area (Å²) in [5.41, 5.74) is 5.63. The first-order chi connectivity index (χ1) is 4.99. The van der Waals surface area contributed by atoms with Crippen molar-refractivity contribution in [1.82, 2.24) is 0 Å². The summed E-state index contributed by atoms with van der Waals surface area (Å²) >= 11 is 0. The second-order valence-corrected chi connectivity index (χ2v) is 5.00. The molecule has 12 heavy (non-hydrogen) atoms. The van der Waals surface area contributed by atoms with Gasteiger partial charge in [0.05, 0.1) is 0 Å². The molecule has 0 spiro atoms. The van der Waals surface area contributed by atoms with E-state index in [0.29, 0.717) is 5.92 Å². The summed E-state index contributed by atoms with van der Waals surface area (Å²) in [6.45, 7) is 0. The van der Waals surface area contributed by atoms with E-state index in [1.54, 1.807) is 6.08 Å². The molecule has 0 heterocycles. The molecule has 1 rings (SSSR count). The molecule has 1 aliphatic rings. The number of hydrogen-bond acceptors (Lipinski definition) is 3. The van der Waals surface area contributed by atoms with Gasteiger partial charge < -0.3 is 5.73 Å². The first-order valence-electron chi connectivity index (χ1n) is 3.63. The Morgan fingerprint density at radius 1 is 1.50 bits per heavy atom. The summed E-state index contributed by atoms with van der Waals surface area (Å²) in [4.78, 5) is 0. The van der Waals surface area contributed by atoms with Gasteiger partial charge in [0.1, 0.15) is 0 Å². The zero-order chi connectivity index (χ0) is 8.48. The molecule has 2 N–H and O–H groups in total. The van der Waals surface area contributed by atoms with E-state index in [-0.39, 0.29) is 18.4 Å². The molecule has 1 fully saturated rings. The van der Waals surface area contributed by atoms with Crippen LogP contribution in [0.15, 0.2) is 11.5 Å². The lowest BCUT2D eigenvalue weighted by atomic mass is 10.2. The molecular weight excluding hydrogens is 198 g/mol. The van der Waals surface area contributed by atoms with E-state index in [2.05, 4.69) is 0 Å². The molecule has 1 atom stereocenters. The van der Waals surface area contributed by atoms with Crippen LogP contribution in [0.2, 0.25) is 0 Å². The fourth-order valence-electron chi connectivity index (χ4n) is 0.872. The van der Waals surface area contributed by atoms with Gasteiger partial charge in [-0.15, -0.1) is 12.4 Å². The normalized spacial score (nSPS) is 20.5. The third-order valence-corrected chi connectivity index (χ3v) is 2.37. The van der Waals surface area contributed by atoms with Gasteiger partial charge in [-0.1, -0.05) is 6.08 Å². The van der Waals surface area contributed by atoms with Gasteiger partial charge in [0, 0.05) is 17.7 Å². The van der Waals surface area contributed by atoms with Gasteiger partial charge in [0.25, 0.3) is 0 Å². The van der Waals surface area contributed by atoms with Crippen LogP contribution in [0.25, 0.3) is 0 Å². The standard InChI is InChI=1S/C7H13NO2S.ClH/c1-11(9,10)5-4-7(8)6-2-3-6;/h4-7H,2-3,8H2,1H3;1H/b5-4+;/t7-;/m1./s1. The summed E-state index contributed by atoms with van der Waals surface area (Å²) in [6.07, 6.45) is 5.01. The van der Waals surface area contributed by atoms with Crippen molar-refractivity contribution >= 4 is 22.2 Å². The van der Waals surface area contributed by atoms with Crippen LogP contribution in [0, 0.1) is 5.92 Å². The highest BCUT2D eigenvalue weighted by atomic mass is 35.5. The minimum atomic E-state index is -2.99. The summed E-state index contributed by atoms with van der Waals surface area (Å²) in [7, 11) is -2.99. The summed E-state index contributed by atoms with van der Waals surface area (Å²) in [5.74, 6) is 0.521. The van der Waals surface area contributed by atoms with Crippen molar-refractivity contribution in [3.05, 3.63) is 11.5 Å². The van der Waals surface area contributed by atoms with E-state index in [1.807, 2.05) is 0 Å². The van der Waals surface area contributed by atoms with Gasteiger partial charge in [-0.3, -0.25) is 0 Å². The van der Waals surface area contributed by atoms with Gasteiger partial charge in [-0.05, 0) is 18.8 Å². The van der Waals surface area contributed by atoms with Crippen molar-refractivity contribution in [2.24, 2.45) is 11.7 Å². The molecular formula is C7H14ClNO2S. The molecule has 1 saturated carbocycles. The highest BCUT2D eigenvalue weighted by Gasteiger charge is 2.26. The largest absolute Gasteiger partial charge is 0.324 e. The molecule has 0 amide bonds. The van der Waals surface area contributed by atoms with Crippen LogP contribution in [0.5, 0.6) is 0 Å². The molecule has 0 aliphatic heterocycles. The van der Waals surface area contributed by atoms with E-state index in [4.69, 9.17) is 5.73 Å². The Kier molecular flexibility index (Phi) is 4.23. The maximum atomic E-state index is 10.6. The van der Waals surface area contributed by atoms with E-state index in [0.717, 1.165) is 12.8 Å².